The van der Waals surface area contributed by atoms with Crippen molar-refractivity contribution in [2.24, 2.45) is 0 Å². The average Bonchev–Trinajstić information content (AvgIpc) is 2.28. The van der Waals surface area contributed by atoms with Gasteiger partial charge in [0.05, 0.1) is 5.75 Å². The van der Waals surface area contributed by atoms with Gasteiger partial charge in [-0.15, -0.1) is 10.3 Å². The van der Waals surface area contributed by atoms with E-state index in [4.69, 9.17) is 3.63 Å². The van der Waals surface area contributed by atoms with E-state index < -0.39 is 20.4 Å². The molecule has 0 atom stereocenters. The van der Waals surface area contributed by atoms with Gasteiger partial charge in [-0.2, -0.15) is 8.42 Å². The summed E-state index contributed by atoms with van der Waals surface area (Å²) < 4.78 is 30.1. The van der Waals surface area contributed by atoms with Crippen molar-refractivity contribution < 1.29 is 12.0 Å². The molecule has 0 unspecified atom stereocenters. The van der Waals surface area contributed by atoms with Gasteiger partial charge in [-0.05, 0) is 36.6 Å². The molecule has 0 fully saturated rings. The van der Waals surface area contributed by atoms with Crippen LogP contribution in [0, 0.1) is 0 Å². The Morgan fingerprint density at radius 1 is 1.16 bits per heavy atom. The molecule has 0 aliphatic rings. The van der Waals surface area contributed by atoms with Gasteiger partial charge >= 0.3 is 0 Å². The fraction of sp³-hybridized carbons (Fsp3) is 0.538. The number of rotatable bonds is 7. The summed E-state index contributed by atoms with van der Waals surface area (Å²) in [6.07, 6.45) is 5.28. The molecule has 0 aliphatic heterocycles. The van der Waals surface area contributed by atoms with Gasteiger partial charge in [0, 0.05) is 10.2 Å². The highest BCUT2D eigenvalue weighted by atomic mass is 79.9. The van der Waals surface area contributed by atoms with Crippen molar-refractivity contribution in [1.82, 2.24) is 0 Å². The molecule has 0 spiro atoms. The van der Waals surface area contributed by atoms with Crippen molar-refractivity contribution in [1.29, 1.82) is 0 Å². The highest BCUT2D eigenvalue weighted by Gasteiger charge is 2.22. The zero-order valence-electron chi connectivity index (χ0n) is 11.6. The number of hydrogen-bond acceptors (Lipinski definition) is 3. The Kier molecular flexibility index (Phi) is 6.36. The van der Waals surface area contributed by atoms with Gasteiger partial charge in [0.25, 0.3) is 10.1 Å². The zero-order valence-corrected chi connectivity index (χ0v) is 14.8. The van der Waals surface area contributed by atoms with E-state index in [2.05, 4.69) is 15.9 Å². The summed E-state index contributed by atoms with van der Waals surface area (Å²) in [4.78, 5) is 0. The van der Waals surface area contributed by atoms with Gasteiger partial charge in [-0.1, -0.05) is 41.4 Å². The lowest BCUT2D eigenvalue weighted by Crippen LogP contribution is -2.15. The topological polar surface area (TPSA) is 43.4 Å². The summed E-state index contributed by atoms with van der Waals surface area (Å²) in [5, 5.41) is 0. The number of benzene rings is 1. The maximum absolute atomic E-state index is 11.8. The van der Waals surface area contributed by atoms with Crippen LogP contribution in [-0.4, -0.2) is 26.7 Å². The molecular formula is C13H21BrO3S2. The lowest BCUT2D eigenvalue weighted by molar-refractivity contribution is 0.508. The van der Waals surface area contributed by atoms with Gasteiger partial charge in [0.1, 0.15) is 0 Å². The van der Waals surface area contributed by atoms with Crippen LogP contribution in [0.25, 0.3) is 0 Å². The zero-order chi connectivity index (χ0) is 14.5. The minimum atomic E-state index is -3.40. The minimum Gasteiger partial charge on any atom is -0.220 e. The summed E-state index contributed by atoms with van der Waals surface area (Å²) in [5.74, 6) is 0.756. The van der Waals surface area contributed by atoms with Gasteiger partial charge < -0.3 is 0 Å². The molecular weight excluding hydrogens is 348 g/mol. The van der Waals surface area contributed by atoms with E-state index in [1.807, 2.05) is 43.7 Å². The van der Waals surface area contributed by atoms with Crippen molar-refractivity contribution in [2.75, 3.05) is 18.3 Å². The Labute approximate surface area is 126 Å². The molecule has 0 saturated carbocycles. The molecule has 0 heterocycles. The molecule has 1 aromatic carbocycles. The van der Waals surface area contributed by atoms with Crippen LogP contribution in [0.15, 0.2) is 28.7 Å². The first-order valence-electron chi connectivity index (χ1n) is 6.13. The van der Waals surface area contributed by atoms with E-state index in [1.54, 1.807) is 0 Å². The lowest BCUT2D eigenvalue weighted by atomic mass is 10.2. The third-order valence-corrected chi connectivity index (χ3v) is 7.11. The molecule has 0 saturated heterocycles. The molecule has 0 amide bonds. The standard InChI is InChI=1S/C13H21BrO3S2/c1-4-5-10-19(15,16)17-18(2,3)11-12-6-8-13(14)9-7-12/h6-9H,4-5,10-11H2,1-3H3. The quantitative estimate of drug-likeness (QED) is 0.728. The summed E-state index contributed by atoms with van der Waals surface area (Å²) in [6.45, 7) is 1.97. The first-order valence-corrected chi connectivity index (χ1v) is 11.0. The molecule has 1 aromatic rings. The van der Waals surface area contributed by atoms with Gasteiger partial charge in [0.15, 0.2) is 0 Å². The van der Waals surface area contributed by atoms with Crippen LogP contribution >= 0.6 is 26.2 Å². The van der Waals surface area contributed by atoms with Crippen molar-refractivity contribution in [3.63, 3.8) is 0 Å². The first kappa shape index (κ1) is 17.0. The molecule has 0 aliphatic carbocycles. The van der Waals surface area contributed by atoms with Crippen LogP contribution in [0.2, 0.25) is 0 Å². The second kappa shape index (κ2) is 7.11. The van der Waals surface area contributed by atoms with E-state index in [0.29, 0.717) is 12.2 Å². The monoisotopic (exact) mass is 368 g/mol. The van der Waals surface area contributed by atoms with Crippen molar-refractivity contribution in [3.05, 3.63) is 34.3 Å². The van der Waals surface area contributed by atoms with Crippen LogP contribution in [0.1, 0.15) is 25.3 Å². The summed E-state index contributed by atoms with van der Waals surface area (Å²) in [6, 6.07) is 7.88. The van der Waals surface area contributed by atoms with Gasteiger partial charge in [0.2, 0.25) is 0 Å². The predicted octanol–water partition coefficient (Wildman–Crippen LogP) is 4.07. The first-order chi connectivity index (χ1) is 8.74. The molecule has 0 aromatic heterocycles. The molecule has 0 bridgehead atoms. The van der Waals surface area contributed by atoms with Crippen LogP contribution in [0.5, 0.6) is 0 Å². The van der Waals surface area contributed by atoms with Crippen LogP contribution in [0.3, 0.4) is 0 Å². The van der Waals surface area contributed by atoms with E-state index in [1.165, 1.54) is 0 Å². The molecule has 1 rings (SSSR count). The normalized spacial score (nSPS) is 13.5. The Hall–Kier alpha value is -0.0400. The van der Waals surface area contributed by atoms with E-state index in [9.17, 15) is 8.42 Å². The Morgan fingerprint density at radius 2 is 1.74 bits per heavy atom. The van der Waals surface area contributed by atoms with E-state index >= 15 is 0 Å². The SMILES string of the molecule is CCCCS(=O)(=O)OS(C)(C)Cc1ccc(Br)cc1. The van der Waals surface area contributed by atoms with Crippen molar-refractivity contribution in [3.8, 4) is 0 Å². The lowest BCUT2D eigenvalue weighted by Gasteiger charge is -2.29. The van der Waals surface area contributed by atoms with Gasteiger partial charge in [-0.3, -0.25) is 0 Å². The van der Waals surface area contributed by atoms with Crippen LogP contribution in [-0.2, 0) is 19.5 Å². The highest BCUT2D eigenvalue weighted by Crippen LogP contribution is 2.46. The number of halogens is 1. The molecule has 3 nitrogen and oxygen atoms in total. The second-order valence-electron chi connectivity index (χ2n) is 4.89. The smallest absolute Gasteiger partial charge is 0.220 e. The summed E-state index contributed by atoms with van der Waals surface area (Å²) >= 11 is 3.38. The van der Waals surface area contributed by atoms with E-state index in [0.717, 1.165) is 16.5 Å². The Bertz CT molecular complexity index is 495. The average molecular weight is 369 g/mol. The third-order valence-electron chi connectivity index (χ3n) is 2.46. The molecule has 0 N–H and O–H groups in total. The largest absolute Gasteiger partial charge is 0.276 e. The van der Waals surface area contributed by atoms with Crippen LogP contribution < -0.4 is 0 Å². The highest BCUT2D eigenvalue weighted by molar-refractivity contribution is 9.10. The van der Waals surface area contributed by atoms with Crippen molar-refractivity contribution in [2.45, 2.75) is 25.5 Å². The molecule has 6 heteroatoms. The fourth-order valence-electron chi connectivity index (χ4n) is 1.64. The molecule has 19 heavy (non-hydrogen) atoms. The van der Waals surface area contributed by atoms with Gasteiger partial charge in [-0.25, -0.2) is 3.63 Å². The van der Waals surface area contributed by atoms with Crippen molar-refractivity contribution >= 4 is 36.4 Å². The summed E-state index contributed by atoms with van der Waals surface area (Å²) in [5.41, 5.74) is 1.09. The number of hydrogen-bond donors (Lipinski definition) is 0. The predicted molar refractivity (Wildman–Crippen MR) is 87.1 cm³/mol. The maximum atomic E-state index is 11.8. The van der Waals surface area contributed by atoms with Crippen LogP contribution in [0.4, 0.5) is 0 Å². The number of unbranched alkanes of at least 4 members (excludes halogenated alkanes) is 1. The minimum absolute atomic E-state index is 0.111. The third kappa shape index (κ3) is 6.79. The second-order valence-corrected chi connectivity index (χ2v) is 11.0. The molecule has 110 valence electrons. The summed E-state index contributed by atoms with van der Waals surface area (Å²) in [7, 11) is -5.04. The Balaban J connectivity index is 2.68. The Morgan fingerprint density at radius 3 is 2.26 bits per heavy atom. The fourth-order valence-corrected chi connectivity index (χ4v) is 6.25. The molecule has 0 radical (unpaired) electrons. The maximum Gasteiger partial charge on any atom is 0.276 e. The van der Waals surface area contributed by atoms with E-state index in [-0.39, 0.29) is 5.75 Å².